The van der Waals surface area contributed by atoms with Crippen molar-refractivity contribution in [1.29, 1.82) is 0 Å². The maximum absolute atomic E-state index is 9.71. The summed E-state index contributed by atoms with van der Waals surface area (Å²) in [6, 6.07) is 8.36. The second-order valence-corrected chi connectivity index (χ2v) is 5.90. The van der Waals surface area contributed by atoms with Gasteiger partial charge in [-0.15, -0.1) is 11.8 Å². The van der Waals surface area contributed by atoms with Crippen LogP contribution in [-0.4, -0.2) is 21.4 Å². The van der Waals surface area contributed by atoms with Crippen molar-refractivity contribution in [3.8, 4) is 0 Å². The Kier molecular flexibility index (Phi) is 5.61. The Labute approximate surface area is 123 Å². The van der Waals surface area contributed by atoms with Crippen molar-refractivity contribution in [2.24, 2.45) is 0 Å². The van der Waals surface area contributed by atoms with Gasteiger partial charge < -0.3 is 9.63 Å². The Balaban J connectivity index is 1.85. The molecule has 5 heteroatoms. The van der Waals surface area contributed by atoms with Crippen LogP contribution in [0.4, 0.5) is 0 Å². The molecule has 0 bridgehead atoms. The van der Waals surface area contributed by atoms with E-state index in [-0.39, 0.29) is 0 Å². The highest BCUT2D eigenvalue weighted by Gasteiger charge is 2.11. The van der Waals surface area contributed by atoms with Gasteiger partial charge in [0.2, 0.25) is 5.89 Å². The quantitative estimate of drug-likeness (QED) is 0.793. The summed E-state index contributed by atoms with van der Waals surface area (Å²) >= 11 is 1.68. The van der Waals surface area contributed by atoms with Gasteiger partial charge in [-0.3, -0.25) is 0 Å². The van der Waals surface area contributed by atoms with E-state index in [0.717, 1.165) is 12.8 Å². The van der Waals surface area contributed by atoms with E-state index in [4.69, 9.17) is 4.52 Å². The third-order valence-electron chi connectivity index (χ3n) is 2.93. The average molecular weight is 292 g/mol. The zero-order chi connectivity index (χ0) is 14.4. The van der Waals surface area contributed by atoms with E-state index < -0.39 is 6.10 Å². The van der Waals surface area contributed by atoms with Crippen LogP contribution in [0.15, 0.2) is 33.7 Å². The van der Waals surface area contributed by atoms with E-state index >= 15 is 0 Å². The summed E-state index contributed by atoms with van der Waals surface area (Å²) in [5.41, 5.74) is 1.25. The molecule has 1 N–H and O–H groups in total. The number of rotatable bonds is 7. The summed E-state index contributed by atoms with van der Waals surface area (Å²) < 4.78 is 5.15. The molecule has 2 rings (SSSR count). The lowest BCUT2D eigenvalue weighted by Gasteiger charge is -2.03. The minimum absolute atomic E-state index is 0.391. The molecule has 1 heterocycles. The molecule has 1 aromatic carbocycles. The standard InChI is InChI=1S/C15H20N2O2S/c1-3-4-12(18)9-15-16-14(17-19-15)10-20-13-7-5-11(2)6-8-13/h5-8,12,18H,3-4,9-10H2,1-2H3. The number of thioether (sulfide) groups is 1. The van der Waals surface area contributed by atoms with E-state index in [9.17, 15) is 5.11 Å². The van der Waals surface area contributed by atoms with Gasteiger partial charge >= 0.3 is 0 Å². The number of aliphatic hydroxyl groups excluding tert-OH is 1. The van der Waals surface area contributed by atoms with Crippen molar-refractivity contribution < 1.29 is 9.63 Å². The summed E-state index contributed by atoms with van der Waals surface area (Å²) in [6.45, 7) is 4.11. The molecule has 1 atom stereocenters. The minimum atomic E-state index is -0.391. The SMILES string of the molecule is CCCC(O)Cc1nc(CSc2ccc(C)cc2)no1. The number of benzene rings is 1. The molecule has 0 amide bonds. The highest BCUT2D eigenvalue weighted by molar-refractivity contribution is 7.98. The summed E-state index contributed by atoms with van der Waals surface area (Å²) in [7, 11) is 0. The molecular weight excluding hydrogens is 272 g/mol. The minimum Gasteiger partial charge on any atom is -0.393 e. The molecule has 20 heavy (non-hydrogen) atoms. The second kappa shape index (κ2) is 7.45. The molecule has 4 nitrogen and oxygen atoms in total. The summed E-state index contributed by atoms with van der Waals surface area (Å²) in [5, 5.41) is 13.7. The maximum Gasteiger partial charge on any atom is 0.229 e. The first-order chi connectivity index (χ1) is 9.67. The van der Waals surface area contributed by atoms with Gasteiger partial charge in [0, 0.05) is 4.90 Å². The predicted octanol–water partition coefficient (Wildman–Crippen LogP) is 3.37. The lowest BCUT2D eigenvalue weighted by atomic mass is 10.1. The van der Waals surface area contributed by atoms with Gasteiger partial charge in [-0.05, 0) is 25.5 Å². The molecule has 0 spiro atoms. The normalized spacial score (nSPS) is 12.6. The third-order valence-corrected chi connectivity index (χ3v) is 3.94. The van der Waals surface area contributed by atoms with Crippen molar-refractivity contribution >= 4 is 11.8 Å². The Morgan fingerprint density at radius 2 is 2.05 bits per heavy atom. The van der Waals surface area contributed by atoms with Crippen LogP contribution in [0.5, 0.6) is 0 Å². The van der Waals surface area contributed by atoms with Gasteiger partial charge in [0.1, 0.15) is 0 Å². The van der Waals surface area contributed by atoms with Crippen molar-refractivity contribution in [2.45, 2.75) is 49.9 Å². The van der Waals surface area contributed by atoms with Crippen molar-refractivity contribution in [3.63, 3.8) is 0 Å². The Bertz CT molecular complexity index is 525. The van der Waals surface area contributed by atoms with Crippen LogP contribution in [0.1, 0.15) is 37.0 Å². The summed E-state index contributed by atoms with van der Waals surface area (Å²) in [5.74, 6) is 1.87. The van der Waals surface area contributed by atoms with Gasteiger partial charge in [0.25, 0.3) is 0 Å². The second-order valence-electron chi connectivity index (χ2n) is 4.85. The van der Waals surface area contributed by atoms with Gasteiger partial charge in [0.15, 0.2) is 5.82 Å². The summed E-state index contributed by atoms with van der Waals surface area (Å²) in [6.07, 6.45) is 1.76. The number of hydrogen-bond acceptors (Lipinski definition) is 5. The lowest BCUT2D eigenvalue weighted by Crippen LogP contribution is -2.09. The average Bonchev–Trinajstić information content (AvgIpc) is 2.86. The van der Waals surface area contributed by atoms with Crippen LogP contribution in [0, 0.1) is 6.92 Å². The van der Waals surface area contributed by atoms with Gasteiger partial charge in [-0.25, -0.2) is 0 Å². The van der Waals surface area contributed by atoms with E-state index in [1.165, 1.54) is 10.5 Å². The van der Waals surface area contributed by atoms with Crippen LogP contribution in [-0.2, 0) is 12.2 Å². The van der Waals surface area contributed by atoms with Crippen LogP contribution in [0.2, 0.25) is 0 Å². The third kappa shape index (κ3) is 4.65. The molecule has 0 saturated carbocycles. The van der Waals surface area contributed by atoms with Gasteiger partial charge in [-0.2, -0.15) is 4.98 Å². The van der Waals surface area contributed by atoms with E-state index in [0.29, 0.717) is 23.9 Å². The molecule has 2 aromatic rings. The van der Waals surface area contributed by atoms with Gasteiger partial charge in [0.05, 0.1) is 18.3 Å². The number of aromatic nitrogens is 2. The highest BCUT2D eigenvalue weighted by Crippen LogP contribution is 2.22. The molecule has 0 radical (unpaired) electrons. The fourth-order valence-corrected chi connectivity index (χ4v) is 2.59. The fourth-order valence-electron chi connectivity index (χ4n) is 1.85. The van der Waals surface area contributed by atoms with Gasteiger partial charge in [-0.1, -0.05) is 36.2 Å². The molecule has 0 fully saturated rings. The Morgan fingerprint density at radius 3 is 2.75 bits per heavy atom. The molecular formula is C15H20N2O2S. The molecule has 0 aliphatic carbocycles. The Morgan fingerprint density at radius 1 is 1.30 bits per heavy atom. The maximum atomic E-state index is 9.71. The zero-order valence-electron chi connectivity index (χ0n) is 11.9. The monoisotopic (exact) mass is 292 g/mol. The lowest BCUT2D eigenvalue weighted by molar-refractivity contribution is 0.151. The van der Waals surface area contributed by atoms with E-state index in [1.807, 2.05) is 6.92 Å². The predicted molar refractivity (Wildman–Crippen MR) is 79.7 cm³/mol. The first kappa shape index (κ1) is 15.1. The highest BCUT2D eigenvalue weighted by atomic mass is 32.2. The molecule has 0 saturated heterocycles. The number of nitrogens with zero attached hydrogens (tertiary/aromatic N) is 2. The summed E-state index contributed by atoms with van der Waals surface area (Å²) in [4.78, 5) is 5.49. The fraction of sp³-hybridized carbons (Fsp3) is 0.467. The van der Waals surface area contributed by atoms with E-state index in [2.05, 4.69) is 41.3 Å². The smallest absolute Gasteiger partial charge is 0.229 e. The number of aliphatic hydroxyl groups is 1. The van der Waals surface area contributed by atoms with Crippen molar-refractivity contribution in [2.75, 3.05) is 0 Å². The van der Waals surface area contributed by atoms with Crippen molar-refractivity contribution in [3.05, 3.63) is 41.5 Å². The van der Waals surface area contributed by atoms with E-state index in [1.54, 1.807) is 11.8 Å². The molecule has 0 aliphatic rings. The Hall–Kier alpha value is -1.33. The molecule has 108 valence electrons. The number of aryl methyl sites for hydroxylation is 1. The number of hydrogen-bond donors (Lipinski definition) is 1. The largest absolute Gasteiger partial charge is 0.393 e. The first-order valence-electron chi connectivity index (χ1n) is 6.86. The molecule has 1 unspecified atom stereocenters. The van der Waals surface area contributed by atoms with Crippen LogP contribution in [0.25, 0.3) is 0 Å². The first-order valence-corrected chi connectivity index (χ1v) is 7.85. The van der Waals surface area contributed by atoms with Crippen molar-refractivity contribution in [1.82, 2.24) is 10.1 Å². The topological polar surface area (TPSA) is 59.2 Å². The van der Waals surface area contributed by atoms with Crippen LogP contribution < -0.4 is 0 Å². The molecule has 0 aliphatic heterocycles. The van der Waals surface area contributed by atoms with Crippen LogP contribution in [0.3, 0.4) is 0 Å². The zero-order valence-corrected chi connectivity index (χ0v) is 12.7. The molecule has 1 aromatic heterocycles. The van der Waals surface area contributed by atoms with Crippen LogP contribution >= 0.6 is 11.8 Å².